The molecule has 0 aliphatic rings. The maximum Gasteiger partial charge on any atom is 0.0327 e. The lowest BCUT2D eigenvalue weighted by Gasteiger charge is -1.75. The first-order chi connectivity index (χ1) is 3.91. The zero-order valence-corrected chi connectivity index (χ0v) is 5.69. The van der Waals surface area contributed by atoms with E-state index in [4.69, 9.17) is 5.73 Å². The summed E-state index contributed by atoms with van der Waals surface area (Å²) in [6.45, 7) is 0.513. The van der Waals surface area contributed by atoms with Crippen molar-refractivity contribution in [3.63, 3.8) is 0 Å². The highest BCUT2D eigenvalue weighted by Crippen LogP contribution is 1.91. The minimum Gasteiger partial charge on any atom is -0.326 e. The zero-order valence-electron chi connectivity index (χ0n) is 4.87. The van der Waals surface area contributed by atoms with Gasteiger partial charge in [-0.15, -0.1) is 11.8 Å². The van der Waals surface area contributed by atoms with E-state index in [0.29, 0.717) is 6.54 Å². The molecule has 46 valence electrons. The molecule has 0 rings (SSSR count). The van der Waals surface area contributed by atoms with Crippen LogP contribution in [0.25, 0.3) is 0 Å². The smallest absolute Gasteiger partial charge is 0.0327 e. The lowest BCUT2D eigenvalue weighted by atomic mass is 10.7. The fraction of sp³-hybridized carbons (Fsp3) is 0.400. The molecule has 0 fully saturated rings. The van der Waals surface area contributed by atoms with E-state index in [-0.39, 0.29) is 0 Å². The van der Waals surface area contributed by atoms with Gasteiger partial charge >= 0.3 is 0 Å². The summed E-state index contributed by atoms with van der Waals surface area (Å²) >= 11 is 1.62. The van der Waals surface area contributed by atoms with Crippen molar-refractivity contribution in [3.8, 4) is 0 Å². The number of hydrogen-bond donors (Lipinski definition) is 1. The second-order valence-corrected chi connectivity index (χ2v) is 1.83. The molecule has 0 atom stereocenters. The van der Waals surface area contributed by atoms with Crippen LogP contribution in [0, 0.1) is 0 Å². The Balaban J connectivity index is 3.13. The Hall–Kier alpha value is -0.280. The molecule has 0 radical (unpaired) electrons. The Kier molecular flexibility index (Phi) is 6.48. The SMILES string of the molecule is CS/C=C\N=CCN. The van der Waals surface area contributed by atoms with Crippen molar-refractivity contribution < 1.29 is 0 Å². The van der Waals surface area contributed by atoms with Crippen molar-refractivity contribution >= 4 is 18.0 Å². The third-order valence-corrected chi connectivity index (χ3v) is 0.888. The zero-order chi connectivity index (χ0) is 6.24. The normalized spacial score (nSPS) is 11.8. The Morgan fingerprint density at radius 3 is 3.00 bits per heavy atom. The van der Waals surface area contributed by atoms with Gasteiger partial charge in [0.15, 0.2) is 0 Å². The Morgan fingerprint density at radius 2 is 2.50 bits per heavy atom. The van der Waals surface area contributed by atoms with Crippen LogP contribution in [0.4, 0.5) is 0 Å². The lowest BCUT2D eigenvalue weighted by molar-refractivity contribution is 1.33. The predicted molar refractivity (Wildman–Crippen MR) is 40.2 cm³/mol. The molecule has 0 unspecified atom stereocenters. The van der Waals surface area contributed by atoms with Crippen LogP contribution in [-0.4, -0.2) is 19.0 Å². The van der Waals surface area contributed by atoms with Crippen LogP contribution < -0.4 is 5.73 Å². The van der Waals surface area contributed by atoms with Gasteiger partial charge in [0.25, 0.3) is 0 Å². The molecular formula is C5H10N2S. The van der Waals surface area contributed by atoms with E-state index in [9.17, 15) is 0 Å². The number of nitrogens with two attached hydrogens (primary N) is 1. The van der Waals surface area contributed by atoms with Gasteiger partial charge in [0, 0.05) is 19.0 Å². The number of rotatable bonds is 3. The minimum atomic E-state index is 0.513. The van der Waals surface area contributed by atoms with Gasteiger partial charge in [-0.1, -0.05) is 0 Å². The van der Waals surface area contributed by atoms with Gasteiger partial charge in [-0.2, -0.15) is 0 Å². The highest BCUT2D eigenvalue weighted by atomic mass is 32.2. The summed E-state index contributed by atoms with van der Waals surface area (Å²) in [6.07, 6.45) is 5.36. The topological polar surface area (TPSA) is 38.4 Å². The van der Waals surface area contributed by atoms with Crippen molar-refractivity contribution in [2.75, 3.05) is 12.8 Å². The molecule has 0 saturated heterocycles. The molecular weight excluding hydrogens is 120 g/mol. The Morgan fingerprint density at radius 1 is 1.75 bits per heavy atom. The van der Waals surface area contributed by atoms with E-state index in [1.165, 1.54) is 0 Å². The molecule has 0 spiro atoms. The molecule has 0 heterocycles. The van der Waals surface area contributed by atoms with E-state index < -0.39 is 0 Å². The van der Waals surface area contributed by atoms with Gasteiger partial charge in [-0.3, -0.25) is 4.99 Å². The number of aliphatic imine (C=N–C) groups is 1. The predicted octanol–water partition coefficient (Wildman–Crippen LogP) is 0.850. The second kappa shape index (κ2) is 6.72. The van der Waals surface area contributed by atoms with E-state index in [1.807, 2.05) is 11.7 Å². The van der Waals surface area contributed by atoms with Crippen LogP contribution in [0.1, 0.15) is 0 Å². The standard InChI is InChI=1S/C5H10N2S/c1-8-5-4-7-3-2-6/h3-5H,2,6H2,1H3/b5-4-,7-3?. The third kappa shape index (κ3) is 5.72. The molecule has 0 amide bonds. The van der Waals surface area contributed by atoms with Gasteiger partial charge in [0.05, 0.1) is 0 Å². The van der Waals surface area contributed by atoms with Crippen molar-refractivity contribution in [3.05, 3.63) is 11.6 Å². The highest BCUT2D eigenvalue weighted by Gasteiger charge is 1.61. The van der Waals surface area contributed by atoms with Crippen LogP contribution in [0.5, 0.6) is 0 Å². The first-order valence-electron chi connectivity index (χ1n) is 2.31. The number of hydrogen-bond acceptors (Lipinski definition) is 3. The maximum absolute atomic E-state index is 5.12. The van der Waals surface area contributed by atoms with Crippen LogP contribution >= 0.6 is 11.8 Å². The summed E-state index contributed by atoms with van der Waals surface area (Å²) in [4.78, 5) is 3.83. The quantitative estimate of drug-likeness (QED) is 0.575. The van der Waals surface area contributed by atoms with Gasteiger partial charge < -0.3 is 5.73 Å². The van der Waals surface area contributed by atoms with Gasteiger partial charge in [-0.05, 0) is 11.7 Å². The minimum absolute atomic E-state index is 0.513. The fourth-order valence-corrected chi connectivity index (χ4v) is 0.410. The van der Waals surface area contributed by atoms with E-state index >= 15 is 0 Å². The molecule has 2 nitrogen and oxygen atoms in total. The molecule has 0 saturated carbocycles. The average molecular weight is 130 g/mol. The van der Waals surface area contributed by atoms with Crippen LogP contribution in [0.15, 0.2) is 16.6 Å². The number of nitrogens with zero attached hydrogens (tertiary/aromatic N) is 1. The molecule has 0 aromatic heterocycles. The van der Waals surface area contributed by atoms with Crippen LogP contribution in [0.3, 0.4) is 0 Å². The second-order valence-electron chi connectivity index (χ2n) is 1.09. The van der Waals surface area contributed by atoms with Crippen molar-refractivity contribution in [1.29, 1.82) is 0 Å². The molecule has 3 heteroatoms. The van der Waals surface area contributed by atoms with Crippen molar-refractivity contribution in [2.24, 2.45) is 10.7 Å². The van der Waals surface area contributed by atoms with Gasteiger partial charge in [0.1, 0.15) is 0 Å². The largest absolute Gasteiger partial charge is 0.326 e. The van der Waals surface area contributed by atoms with Crippen LogP contribution in [-0.2, 0) is 0 Å². The summed E-state index contributed by atoms with van der Waals surface area (Å²) in [6, 6.07) is 0. The van der Waals surface area contributed by atoms with E-state index in [1.54, 1.807) is 24.2 Å². The van der Waals surface area contributed by atoms with E-state index in [0.717, 1.165) is 0 Å². The molecule has 0 aromatic carbocycles. The summed E-state index contributed by atoms with van der Waals surface area (Å²) in [7, 11) is 0. The lowest BCUT2D eigenvalue weighted by Crippen LogP contribution is -1.97. The molecule has 0 aromatic rings. The van der Waals surface area contributed by atoms with Crippen molar-refractivity contribution in [1.82, 2.24) is 0 Å². The Labute approximate surface area is 53.9 Å². The molecule has 2 N–H and O–H groups in total. The summed E-state index contributed by atoms with van der Waals surface area (Å²) < 4.78 is 0. The van der Waals surface area contributed by atoms with Gasteiger partial charge in [-0.25, -0.2) is 0 Å². The van der Waals surface area contributed by atoms with Crippen molar-refractivity contribution in [2.45, 2.75) is 0 Å². The molecule has 0 aliphatic heterocycles. The number of thioether (sulfide) groups is 1. The highest BCUT2D eigenvalue weighted by molar-refractivity contribution is 8.01. The van der Waals surface area contributed by atoms with Crippen LogP contribution in [0.2, 0.25) is 0 Å². The summed E-state index contributed by atoms with van der Waals surface area (Å²) in [5, 5.41) is 1.90. The summed E-state index contributed by atoms with van der Waals surface area (Å²) in [5.74, 6) is 0. The fourth-order valence-electron chi connectivity index (χ4n) is 0.218. The molecule has 8 heavy (non-hydrogen) atoms. The summed E-state index contributed by atoms with van der Waals surface area (Å²) in [5.41, 5.74) is 5.12. The molecule has 0 bridgehead atoms. The van der Waals surface area contributed by atoms with Gasteiger partial charge in [0.2, 0.25) is 0 Å². The first kappa shape index (κ1) is 7.72. The Bertz CT molecular complexity index is 76.4. The maximum atomic E-state index is 5.12. The monoisotopic (exact) mass is 130 g/mol. The first-order valence-corrected chi connectivity index (χ1v) is 3.60. The third-order valence-electron chi connectivity index (χ3n) is 0.494. The van der Waals surface area contributed by atoms with E-state index in [2.05, 4.69) is 4.99 Å². The molecule has 0 aliphatic carbocycles. The average Bonchev–Trinajstić information content (AvgIpc) is 1.81.